The third-order valence-electron chi connectivity index (χ3n) is 5.70. The first-order valence-corrected chi connectivity index (χ1v) is 11.3. The molecule has 2 aliphatic carbocycles. The SMILES string of the molecule is CCOC(=O)CN=C1C(=CN)[C@H](N=[N+]=N)CCC1COC(=O)CN=C1CCC[C@H](N=[N+]=N)C1=CN. The number of carbonyl (C=O) groups excluding carboxylic acids is 2. The molecule has 2 aliphatic rings. The summed E-state index contributed by atoms with van der Waals surface area (Å²) in [5.41, 5.74) is 27.8. The van der Waals surface area contributed by atoms with E-state index in [9.17, 15) is 9.59 Å². The molecule has 0 aliphatic heterocycles. The van der Waals surface area contributed by atoms with E-state index >= 15 is 0 Å². The summed E-state index contributed by atoms with van der Waals surface area (Å²) in [7, 11) is 0. The summed E-state index contributed by atoms with van der Waals surface area (Å²) >= 11 is 0. The van der Waals surface area contributed by atoms with Crippen LogP contribution in [0, 0.1) is 17.0 Å². The van der Waals surface area contributed by atoms with Gasteiger partial charge >= 0.3 is 11.9 Å². The number of carbonyl (C=O) groups is 2. The molecule has 0 spiro atoms. The van der Waals surface area contributed by atoms with Gasteiger partial charge in [0.1, 0.15) is 34.4 Å². The third-order valence-corrected chi connectivity index (χ3v) is 5.70. The molecule has 2 rings (SSSR count). The fourth-order valence-corrected chi connectivity index (χ4v) is 4.10. The molecule has 0 radical (unpaired) electrons. The first kappa shape index (κ1) is 27.2. The van der Waals surface area contributed by atoms with Crippen LogP contribution in [-0.4, -0.2) is 61.7 Å². The number of aliphatic imine (C=N–C) groups is 2. The van der Waals surface area contributed by atoms with E-state index in [4.69, 9.17) is 32.0 Å². The van der Waals surface area contributed by atoms with Crippen LogP contribution in [0.3, 0.4) is 0 Å². The fourth-order valence-electron chi connectivity index (χ4n) is 4.10. The number of nitrogens with one attached hydrogen (secondary N) is 2. The van der Waals surface area contributed by atoms with Crippen molar-refractivity contribution in [2.75, 3.05) is 26.3 Å². The van der Waals surface area contributed by atoms with Gasteiger partial charge in [-0.05, 0) is 39.0 Å². The average molecular weight is 489 g/mol. The molecule has 35 heavy (non-hydrogen) atoms. The van der Waals surface area contributed by atoms with E-state index in [1.807, 2.05) is 0 Å². The van der Waals surface area contributed by atoms with Crippen molar-refractivity contribution in [1.29, 1.82) is 11.1 Å². The second-order valence-corrected chi connectivity index (χ2v) is 7.83. The van der Waals surface area contributed by atoms with Crippen molar-refractivity contribution >= 4 is 23.4 Å². The van der Waals surface area contributed by atoms with Gasteiger partial charge in [0.15, 0.2) is 12.1 Å². The summed E-state index contributed by atoms with van der Waals surface area (Å²) in [6.45, 7) is 1.54. The molecule has 3 atom stereocenters. The van der Waals surface area contributed by atoms with Gasteiger partial charge in [-0.15, -0.1) is 0 Å². The molecule has 2 fully saturated rings. The number of esters is 2. The number of nitrogens with two attached hydrogens (primary N) is 2. The molecule has 14 heteroatoms. The molecule has 188 valence electrons. The van der Waals surface area contributed by atoms with Gasteiger partial charge in [-0.2, -0.15) is 0 Å². The topological polar surface area (TPSA) is 230 Å². The molecule has 14 nitrogen and oxygen atoms in total. The Morgan fingerprint density at radius 3 is 2.23 bits per heavy atom. The second-order valence-electron chi connectivity index (χ2n) is 7.83. The zero-order valence-electron chi connectivity index (χ0n) is 19.7. The van der Waals surface area contributed by atoms with Gasteiger partial charge in [0.25, 0.3) is 0 Å². The van der Waals surface area contributed by atoms with Crippen molar-refractivity contribution in [1.82, 2.24) is 9.82 Å². The summed E-state index contributed by atoms with van der Waals surface area (Å²) < 4.78 is 10.4. The van der Waals surface area contributed by atoms with E-state index in [2.05, 4.69) is 30.0 Å². The van der Waals surface area contributed by atoms with Gasteiger partial charge in [0.2, 0.25) is 9.82 Å². The van der Waals surface area contributed by atoms with Crippen molar-refractivity contribution in [3.63, 3.8) is 0 Å². The normalized spacial score (nSPS) is 26.7. The number of rotatable bonds is 9. The number of ether oxygens (including phenoxy) is 2. The monoisotopic (exact) mass is 488 g/mol. The summed E-state index contributed by atoms with van der Waals surface area (Å²) in [6, 6.07) is -0.796. The Hall–Kier alpha value is -4.02. The number of hydrogen-bond acceptors (Lipinski definition) is 12. The Bertz CT molecular complexity index is 1010. The molecule has 1 unspecified atom stereocenters. The lowest BCUT2D eigenvalue weighted by Gasteiger charge is -2.28. The lowest BCUT2D eigenvalue weighted by Crippen LogP contribution is -2.35. The number of nitrogens with zero attached hydrogens (tertiary/aromatic N) is 6. The highest BCUT2D eigenvalue weighted by Gasteiger charge is 2.35. The third kappa shape index (κ3) is 7.76. The summed E-state index contributed by atoms with van der Waals surface area (Å²) in [5, 5.41) is 7.73. The van der Waals surface area contributed by atoms with Crippen LogP contribution in [-0.2, 0) is 19.1 Å². The van der Waals surface area contributed by atoms with E-state index in [-0.39, 0.29) is 38.3 Å². The van der Waals surface area contributed by atoms with Gasteiger partial charge in [-0.1, -0.05) is 0 Å². The maximum atomic E-state index is 12.4. The quantitative estimate of drug-likeness (QED) is 0.210. The highest BCUT2D eigenvalue weighted by molar-refractivity contribution is 6.04. The standard InChI is InChI=1S/C21H32N10O4/c1-2-34-19(32)11-27-21-13(6-7-18(29-31-25)15(21)9-23)12-35-20(33)10-26-16-4-3-5-17(28-30-24)14(16)8-22/h8-9,13,17-18,24-25H,2-7,10-12,22-23H2,1H3/q+2/t13?,17-,18+/m0/s1. The minimum atomic E-state index is -0.533. The minimum Gasteiger partial charge on any atom is -0.465 e. The Morgan fingerprint density at radius 1 is 0.971 bits per heavy atom. The predicted octanol–water partition coefficient (Wildman–Crippen LogP) is 1.09. The maximum absolute atomic E-state index is 12.4. The van der Waals surface area contributed by atoms with Crippen LogP contribution in [0.2, 0.25) is 0 Å². The van der Waals surface area contributed by atoms with Gasteiger partial charge in [0, 0.05) is 40.9 Å². The lowest BCUT2D eigenvalue weighted by molar-refractivity contribution is -0.143. The molecule has 0 aromatic rings. The fraction of sp³-hybridized carbons (Fsp3) is 0.619. The van der Waals surface area contributed by atoms with Crippen molar-refractivity contribution in [2.45, 2.75) is 51.1 Å². The Morgan fingerprint density at radius 2 is 1.60 bits per heavy atom. The summed E-state index contributed by atoms with van der Waals surface area (Å²) in [4.78, 5) is 39.2. The zero-order chi connectivity index (χ0) is 25.6. The lowest BCUT2D eigenvalue weighted by atomic mass is 9.81. The molecule has 0 bridgehead atoms. The van der Waals surface area contributed by atoms with Crippen LogP contribution >= 0.6 is 0 Å². The molecule has 0 heterocycles. The summed E-state index contributed by atoms with van der Waals surface area (Å²) in [6.07, 6.45) is 5.95. The Balaban J connectivity index is 2.09. The van der Waals surface area contributed by atoms with Crippen LogP contribution in [0.15, 0.2) is 43.8 Å². The molecule has 0 aromatic heterocycles. The highest BCUT2D eigenvalue weighted by atomic mass is 16.5. The number of hydrogen-bond donors (Lipinski definition) is 4. The van der Waals surface area contributed by atoms with E-state index < -0.39 is 18.0 Å². The van der Waals surface area contributed by atoms with Gasteiger partial charge in [0.05, 0.1) is 13.2 Å². The molecular weight excluding hydrogens is 456 g/mol. The van der Waals surface area contributed by atoms with Crippen molar-refractivity contribution < 1.29 is 19.1 Å². The smallest absolute Gasteiger partial charge is 0.327 e. The van der Waals surface area contributed by atoms with Crippen molar-refractivity contribution in [3.8, 4) is 0 Å². The van der Waals surface area contributed by atoms with Crippen LogP contribution in [0.4, 0.5) is 0 Å². The van der Waals surface area contributed by atoms with Crippen LogP contribution in [0.25, 0.3) is 0 Å². The Labute approximate surface area is 202 Å². The van der Waals surface area contributed by atoms with Crippen LogP contribution in [0.5, 0.6) is 0 Å². The van der Waals surface area contributed by atoms with Gasteiger partial charge in [-0.25, -0.2) is 0 Å². The van der Waals surface area contributed by atoms with Gasteiger partial charge < -0.3 is 20.9 Å². The maximum Gasteiger partial charge on any atom is 0.327 e. The highest BCUT2D eigenvalue weighted by Crippen LogP contribution is 2.29. The van der Waals surface area contributed by atoms with E-state index in [1.54, 1.807) is 6.92 Å². The largest absolute Gasteiger partial charge is 0.465 e. The Kier molecular flexibility index (Phi) is 11.1. The summed E-state index contributed by atoms with van der Waals surface area (Å²) in [5.74, 6) is -1.34. The average Bonchev–Trinajstić information content (AvgIpc) is 2.86. The van der Waals surface area contributed by atoms with Crippen molar-refractivity contribution in [3.05, 3.63) is 23.5 Å². The predicted molar refractivity (Wildman–Crippen MR) is 125 cm³/mol. The first-order valence-electron chi connectivity index (χ1n) is 11.3. The second kappa shape index (κ2) is 14.3. The van der Waals surface area contributed by atoms with Crippen LogP contribution in [0.1, 0.15) is 39.0 Å². The molecule has 0 aromatic carbocycles. The molecule has 6 N–H and O–H groups in total. The molecular formula is C21H32N10O4+2. The van der Waals surface area contributed by atoms with E-state index in [0.717, 1.165) is 6.42 Å². The van der Waals surface area contributed by atoms with Crippen molar-refractivity contribution in [2.24, 2.45) is 37.6 Å². The zero-order valence-corrected chi connectivity index (χ0v) is 19.7. The molecule has 0 saturated heterocycles. The van der Waals surface area contributed by atoms with E-state index in [1.165, 1.54) is 12.4 Å². The first-order chi connectivity index (χ1) is 17.0. The molecule has 0 amide bonds. The minimum absolute atomic E-state index is 0.0166. The van der Waals surface area contributed by atoms with E-state index in [0.29, 0.717) is 48.3 Å². The van der Waals surface area contributed by atoms with Crippen LogP contribution < -0.4 is 21.3 Å². The van der Waals surface area contributed by atoms with Gasteiger partial charge in [-0.3, -0.25) is 19.6 Å². The molecule has 2 saturated carbocycles.